The third kappa shape index (κ3) is 2.83. The molecule has 7 heteroatoms. The average molecular weight is 236 g/mol. The molecule has 0 atom stereocenters. The van der Waals surface area contributed by atoms with Crippen molar-refractivity contribution in [2.24, 2.45) is 0 Å². The van der Waals surface area contributed by atoms with Crippen molar-refractivity contribution in [3.05, 3.63) is 29.9 Å². The summed E-state index contributed by atoms with van der Waals surface area (Å²) in [4.78, 5) is 15.2. The standard InChI is InChI=1S/C10H12N4O3/c1-2-16-9(15)8-6-17-10(14-8)11-3-7-4-12-13-5-7/h4-6H,2-3H2,1H3,(H,11,14)(H,12,13). The first-order valence-electron chi connectivity index (χ1n) is 5.13. The lowest BCUT2D eigenvalue weighted by molar-refractivity contribution is 0.0519. The highest BCUT2D eigenvalue weighted by molar-refractivity contribution is 5.87. The maximum Gasteiger partial charge on any atom is 0.360 e. The molecular formula is C10H12N4O3. The van der Waals surface area contributed by atoms with E-state index in [1.807, 2.05) is 0 Å². The molecule has 0 spiro atoms. The molecule has 2 rings (SSSR count). The molecule has 0 fully saturated rings. The molecule has 2 aromatic rings. The summed E-state index contributed by atoms with van der Waals surface area (Å²) in [5, 5.41) is 9.41. The number of esters is 1. The van der Waals surface area contributed by atoms with Crippen LogP contribution >= 0.6 is 0 Å². The van der Waals surface area contributed by atoms with Crippen LogP contribution in [0.1, 0.15) is 23.0 Å². The fraction of sp³-hybridized carbons (Fsp3) is 0.300. The van der Waals surface area contributed by atoms with E-state index in [2.05, 4.69) is 20.5 Å². The van der Waals surface area contributed by atoms with E-state index in [0.717, 1.165) is 5.56 Å². The highest BCUT2D eigenvalue weighted by Crippen LogP contribution is 2.09. The largest absolute Gasteiger partial charge is 0.461 e. The predicted octanol–water partition coefficient (Wildman–Crippen LogP) is 1.19. The van der Waals surface area contributed by atoms with Gasteiger partial charge in [-0.1, -0.05) is 0 Å². The Morgan fingerprint density at radius 1 is 1.65 bits per heavy atom. The summed E-state index contributed by atoms with van der Waals surface area (Å²) in [6.45, 7) is 2.55. The van der Waals surface area contributed by atoms with Crippen LogP contribution in [0.4, 0.5) is 6.01 Å². The van der Waals surface area contributed by atoms with Crippen LogP contribution in [-0.2, 0) is 11.3 Å². The van der Waals surface area contributed by atoms with Gasteiger partial charge in [-0.05, 0) is 6.92 Å². The second-order valence-corrected chi connectivity index (χ2v) is 3.22. The van der Waals surface area contributed by atoms with Crippen LogP contribution in [0.2, 0.25) is 0 Å². The second kappa shape index (κ2) is 5.15. The van der Waals surface area contributed by atoms with Gasteiger partial charge in [-0.2, -0.15) is 10.1 Å². The minimum absolute atomic E-state index is 0.154. The van der Waals surface area contributed by atoms with Crippen LogP contribution in [0, 0.1) is 0 Å². The molecule has 0 amide bonds. The van der Waals surface area contributed by atoms with Crippen molar-refractivity contribution in [3.63, 3.8) is 0 Å². The zero-order valence-electron chi connectivity index (χ0n) is 9.27. The van der Waals surface area contributed by atoms with Gasteiger partial charge in [-0.25, -0.2) is 4.79 Å². The zero-order chi connectivity index (χ0) is 12.1. The monoisotopic (exact) mass is 236 g/mol. The van der Waals surface area contributed by atoms with Crippen LogP contribution < -0.4 is 5.32 Å². The second-order valence-electron chi connectivity index (χ2n) is 3.22. The molecule has 0 aromatic carbocycles. The normalized spacial score (nSPS) is 10.2. The molecule has 2 heterocycles. The van der Waals surface area contributed by atoms with Crippen molar-refractivity contribution in [1.29, 1.82) is 0 Å². The summed E-state index contributed by atoms with van der Waals surface area (Å²) < 4.78 is 9.86. The van der Waals surface area contributed by atoms with Gasteiger partial charge < -0.3 is 14.5 Å². The van der Waals surface area contributed by atoms with E-state index >= 15 is 0 Å². The van der Waals surface area contributed by atoms with Gasteiger partial charge in [-0.15, -0.1) is 0 Å². The van der Waals surface area contributed by atoms with Crippen LogP contribution in [-0.4, -0.2) is 27.8 Å². The minimum Gasteiger partial charge on any atom is -0.461 e. The van der Waals surface area contributed by atoms with Gasteiger partial charge >= 0.3 is 5.97 Å². The number of nitrogens with zero attached hydrogens (tertiary/aromatic N) is 2. The molecule has 0 radical (unpaired) electrons. The molecule has 7 nitrogen and oxygen atoms in total. The van der Waals surface area contributed by atoms with E-state index in [9.17, 15) is 4.79 Å². The van der Waals surface area contributed by atoms with E-state index < -0.39 is 5.97 Å². The fourth-order valence-corrected chi connectivity index (χ4v) is 1.21. The number of hydrogen-bond acceptors (Lipinski definition) is 6. The number of rotatable bonds is 5. The molecule has 0 aliphatic rings. The van der Waals surface area contributed by atoms with Crippen LogP contribution in [0.25, 0.3) is 0 Å². The lowest BCUT2D eigenvalue weighted by atomic mass is 10.4. The number of ether oxygens (including phenoxy) is 1. The van der Waals surface area contributed by atoms with Gasteiger partial charge in [0.15, 0.2) is 5.69 Å². The van der Waals surface area contributed by atoms with Crippen molar-refractivity contribution in [2.75, 3.05) is 11.9 Å². The topological polar surface area (TPSA) is 93.0 Å². The average Bonchev–Trinajstić information content (AvgIpc) is 2.98. The summed E-state index contributed by atoms with van der Waals surface area (Å²) >= 11 is 0. The number of nitrogens with one attached hydrogen (secondary N) is 2. The van der Waals surface area contributed by atoms with E-state index in [-0.39, 0.29) is 11.7 Å². The first-order valence-corrected chi connectivity index (χ1v) is 5.13. The molecule has 0 saturated carbocycles. The molecule has 2 N–H and O–H groups in total. The van der Waals surface area contributed by atoms with Gasteiger partial charge in [0.1, 0.15) is 6.26 Å². The lowest BCUT2D eigenvalue weighted by Crippen LogP contribution is -2.05. The minimum atomic E-state index is -0.493. The van der Waals surface area contributed by atoms with Crippen LogP contribution in [0.3, 0.4) is 0 Å². The Bertz CT molecular complexity index is 477. The summed E-state index contributed by atoms with van der Waals surface area (Å²) in [6.07, 6.45) is 4.69. The number of hydrogen-bond donors (Lipinski definition) is 2. The van der Waals surface area contributed by atoms with Crippen LogP contribution in [0.15, 0.2) is 23.1 Å². The van der Waals surface area contributed by atoms with Gasteiger partial charge in [0, 0.05) is 18.3 Å². The molecule has 0 bridgehead atoms. The lowest BCUT2D eigenvalue weighted by Gasteiger charge is -1.97. The number of aromatic amines is 1. The fourth-order valence-electron chi connectivity index (χ4n) is 1.21. The summed E-state index contributed by atoms with van der Waals surface area (Å²) in [5.74, 6) is -0.493. The molecule has 0 unspecified atom stereocenters. The first-order chi connectivity index (χ1) is 8.29. The quantitative estimate of drug-likeness (QED) is 0.757. The smallest absolute Gasteiger partial charge is 0.360 e. The van der Waals surface area contributed by atoms with Gasteiger partial charge in [0.05, 0.1) is 12.8 Å². The molecule has 17 heavy (non-hydrogen) atoms. The maximum absolute atomic E-state index is 11.3. The van der Waals surface area contributed by atoms with E-state index in [4.69, 9.17) is 9.15 Å². The van der Waals surface area contributed by atoms with E-state index in [1.54, 1.807) is 19.3 Å². The van der Waals surface area contributed by atoms with Gasteiger partial charge in [0.2, 0.25) is 0 Å². The number of aromatic nitrogens is 3. The Balaban J connectivity index is 1.92. The summed E-state index contributed by atoms with van der Waals surface area (Å²) in [6, 6.07) is 0.272. The number of carbonyl (C=O) groups excluding carboxylic acids is 1. The van der Waals surface area contributed by atoms with Gasteiger partial charge in [-0.3, -0.25) is 5.10 Å². The Morgan fingerprint density at radius 2 is 2.53 bits per heavy atom. The van der Waals surface area contributed by atoms with E-state index in [1.165, 1.54) is 6.26 Å². The summed E-state index contributed by atoms with van der Waals surface area (Å²) in [5.41, 5.74) is 1.11. The maximum atomic E-state index is 11.3. The number of anilines is 1. The predicted molar refractivity (Wildman–Crippen MR) is 58.4 cm³/mol. The van der Waals surface area contributed by atoms with Crippen molar-refractivity contribution in [1.82, 2.24) is 15.2 Å². The number of oxazole rings is 1. The number of carbonyl (C=O) groups is 1. The van der Waals surface area contributed by atoms with Crippen molar-refractivity contribution in [3.8, 4) is 0 Å². The van der Waals surface area contributed by atoms with Crippen molar-refractivity contribution < 1.29 is 13.9 Å². The Morgan fingerprint density at radius 3 is 3.24 bits per heavy atom. The molecule has 90 valence electrons. The Kier molecular flexibility index (Phi) is 3.39. The zero-order valence-corrected chi connectivity index (χ0v) is 9.27. The Labute approximate surface area is 97.2 Å². The SMILES string of the molecule is CCOC(=O)c1coc(NCc2cn[nH]c2)n1. The highest BCUT2D eigenvalue weighted by atomic mass is 16.5. The van der Waals surface area contributed by atoms with Crippen LogP contribution in [0.5, 0.6) is 0 Å². The molecule has 0 aliphatic carbocycles. The highest BCUT2D eigenvalue weighted by Gasteiger charge is 2.12. The molecule has 0 aliphatic heterocycles. The van der Waals surface area contributed by atoms with Gasteiger partial charge in [0.25, 0.3) is 6.01 Å². The molecule has 0 saturated heterocycles. The van der Waals surface area contributed by atoms with Crippen molar-refractivity contribution >= 4 is 12.0 Å². The molecule has 2 aromatic heterocycles. The molecular weight excluding hydrogens is 224 g/mol. The first kappa shape index (κ1) is 11.2. The number of H-pyrrole nitrogens is 1. The third-order valence-electron chi connectivity index (χ3n) is 1.99. The summed E-state index contributed by atoms with van der Waals surface area (Å²) in [7, 11) is 0. The van der Waals surface area contributed by atoms with E-state index in [0.29, 0.717) is 13.2 Å². The third-order valence-corrected chi connectivity index (χ3v) is 1.99. The van der Waals surface area contributed by atoms with Crippen molar-refractivity contribution in [2.45, 2.75) is 13.5 Å². The Hall–Kier alpha value is -2.31.